The van der Waals surface area contributed by atoms with E-state index in [1.165, 1.54) is 94.0 Å². The number of fused-ring (bicyclic) bond motifs is 9. The van der Waals surface area contributed by atoms with E-state index in [2.05, 4.69) is 73.3 Å². The first-order valence-corrected chi connectivity index (χ1v) is 18.3. The molecule has 0 aliphatic heterocycles. The quantitative estimate of drug-likeness (QED) is 0.222. The molecule has 2 fully saturated rings. The number of nitrogens with zero attached hydrogens (tertiary/aromatic N) is 2. The van der Waals surface area contributed by atoms with Crippen LogP contribution in [-0.4, -0.2) is 9.13 Å². The Morgan fingerprint density at radius 2 is 1.30 bits per heavy atom. The maximum atomic E-state index is 2.83. The zero-order valence-electron chi connectivity index (χ0n) is 27.6. The SMILES string of the molecule is Cc1c2c(cc3c1c1c(n3C3CCCCC3)C=CCC1)C[C@@H](C)c1cc3c(c(C)c1-2)c1c(n3C2CCCCC2)C=CCC1C. The summed E-state index contributed by atoms with van der Waals surface area (Å²) in [5, 5.41) is 3.18. The Morgan fingerprint density at radius 3 is 2.02 bits per heavy atom. The Labute approximate surface area is 264 Å². The van der Waals surface area contributed by atoms with Crippen molar-refractivity contribution in [3.63, 3.8) is 0 Å². The van der Waals surface area contributed by atoms with Gasteiger partial charge in [0.1, 0.15) is 0 Å². The van der Waals surface area contributed by atoms with Gasteiger partial charge in [0.05, 0.1) is 0 Å². The number of hydrogen-bond acceptors (Lipinski definition) is 0. The molecular weight excluding hydrogens is 532 g/mol. The van der Waals surface area contributed by atoms with E-state index in [9.17, 15) is 0 Å². The van der Waals surface area contributed by atoms with Crippen molar-refractivity contribution in [2.75, 3.05) is 0 Å². The van der Waals surface area contributed by atoms with Gasteiger partial charge in [-0.15, -0.1) is 0 Å². The molecule has 0 N–H and O–H groups in total. The minimum Gasteiger partial charge on any atom is -0.338 e. The zero-order chi connectivity index (χ0) is 29.7. The van der Waals surface area contributed by atoms with Crippen molar-refractivity contribution in [3.8, 4) is 11.1 Å². The lowest BCUT2D eigenvalue weighted by Crippen LogP contribution is -2.16. The van der Waals surface area contributed by atoms with Crippen LogP contribution in [0.25, 0.3) is 45.1 Å². The van der Waals surface area contributed by atoms with Gasteiger partial charge in [-0.2, -0.15) is 0 Å². The van der Waals surface area contributed by atoms with Crippen molar-refractivity contribution >= 4 is 34.0 Å². The molecule has 228 valence electrons. The van der Waals surface area contributed by atoms with Crippen LogP contribution in [-0.2, 0) is 12.8 Å². The first kappa shape index (κ1) is 27.3. The van der Waals surface area contributed by atoms with Crippen LogP contribution in [0.2, 0.25) is 0 Å². The van der Waals surface area contributed by atoms with Crippen LogP contribution in [0.5, 0.6) is 0 Å². The highest BCUT2D eigenvalue weighted by Gasteiger charge is 2.35. The summed E-state index contributed by atoms with van der Waals surface area (Å²) in [5.41, 5.74) is 18.9. The minimum atomic E-state index is 0.532. The largest absolute Gasteiger partial charge is 0.338 e. The van der Waals surface area contributed by atoms with E-state index in [0.717, 1.165) is 12.8 Å². The number of benzene rings is 2. The van der Waals surface area contributed by atoms with Crippen LogP contribution < -0.4 is 0 Å². The molecule has 2 nitrogen and oxygen atoms in total. The van der Waals surface area contributed by atoms with Gasteiger partial charge >= 0.3 is 0 Å². The minimum absolute atomic E-state index is 0.532. The van der Waals surface area contributed by atoms with Gasteiger partial charge in [0, 0.05) is 45.3 Å². The van der Waals surface area contributed by atoms with Crippen LogP contribution >= 0.6 is 0 Å². The molecule has 1 unspecified atom stereocenters. The predicted molar refractivity (Wildman–Crippen MR) is 188 cm³/mol. The lowest BCUT2D eigenvalue weighted by atomic mass is 9.74. The molecule has 2 aromatic heterocycles. The molecule has 2 aromatic carbocycles. The summed E-state index contributed by atoms with van der Waals surface area (Å²) in [6, 6.07) is 6.67. The van der Waals surface area contributed by atoms with Crippen molar-refractivity contribution in [2.24, 2.45) is 0 Å². The van der Waals surface area contributed by atoms with Crippen LogP contribution in [0.4, 0.5) is 0 Å². The van der Waals surface area contributed by atoms with Crippen molar-refractivity contribution in [2.45, 2.75) is 142 Å². The Hall–Kier alpha value is -3.00. The molecule has 0 saturated heterocycles. The second kappa shape index (κ2) is 10.3. The fourth-order valence-corrected chi connectivity index (χ4v) is 10.7. The van der Waals surface area contributed by atoms with Crippen LogP contribution in [0.15, 0.2) is 24.3 Å². The van der Waals surface area contributed by atoms with Crippen molar-refractivity contribution in [1.82, 2.24) is 9.13 Å². The van der Waals surface area contributed by atoms with Gasteiger partial charge in [-0.1, -0.05) is 64.5 Å². The second-order valence-electron chi connectivity index (χ2n) is 15.4. The molecular formula is C42H50N2. The van der Waals surface area contributed by atoms with Gasteiger partial charge in [0.15, 0.2) is 0 Å². The Balaban J connectivity index is 1.34. The van der Waals surface area contributed by atoms with Crippen LogP contribution in [0, 0.1) is 13.8 Å². The fraction of sp³-hybridized carbons (Fsp3) is 0.524. The summed E-state index contributed by atoms with van der Waals surface area (Å²) in [6.45, 7) is 9.97. The monoisotopic (exact) mass is 582 g/mol. The van der Waals surface area contributed by atoms with E-state index < -0.39 is 0 Å². The summed E-state index contributed by atoms with van der Waals surface area (Å²) in [7, 11) is 0. The lowest BCUT2D eigenvalue weighted by Gasteiger charge is -2.31. The third-order valence-corrected chi connectivity index (χ3v) is 12.7. The van der Waals surface area contributed by atoms with Gasteiger partial charge < -0.3 is 9.13 Å². The smallest absolute Gasteiger partial charge is 0.0496 e. The summed E-state index contributed by atoms with van der Waals surface area (Å²) in [5.74, 6) is 1.11. The van der Waals surface area contributed by atoms with Gasteiger partial charge in [-0.3, -0.25) is 0 Å². The molecule has 0 spiro atoms. The zero-order valence-corrected chi connectivity index (χ0v) is 27.6. The predicted octanol–water partition coefficient (Wildman–Crippen LogP) is 12.0. The highest BCUT2D eigenvalue weighted by atomic mass is 15.0. The Morgan fingerprint density at radius 1 is 0.659 bits per heavy atom. The van der Waals surface area contributed by atoms with E-state index in [4.69, 9.17) is 0 Å². The Bertz CT molecular complexity index is 1870. The highest BCUT2D eigenvalue weighted by Crippen LogP contribution is 2.52. The van der Waals surface area contributed by atoms with Crippen LogP contribution in [0.3, 0.4) is 0 Å². The third kappa shape index (κ3) is 3.78. The van der Waals surface area contributed by atoms with E-state index in [1.54, 1.807) is 60.8 Å². The summed E-state index contributed by atoms with van der Waals surface area (Å²) in [4.78, 5) is 0. The van der Waals surface area contributed by atoms with E-state index in [0.29, 0.717) is 23.9 Å². The molecule has 4 aromatic rings. The third-order valence-electron chi connectivity index (χ3n) is 12.7. The standard InChI is InChI=1S/C42H50N2/c1-25-14-13-21-35-38(25)42-28(4)41-33(24-37(42)44(35)31-17-9-6-10-18-31)26(2)22-29-23-36-40(27(3)39(29)41)32-19-11-12-20-34(32)43(36)30-15-7-5-8-16-30/h12-13,20-21,23-26,30-31H,5-11,14-19,22H2,1-4H3/t25?,26-/m1/s1. The number of rotatable bonds is 2. The van der Waals surface area contributed by atoms with Gasteiger partial charge in [-0.25, -0.2) is 0 Å². The normalized spacial score (nSPS) is 23.6. The molecule has 2 heterocycles. The van der Waals surface area contributed by atoms with Gasteiger partial charge in [0.25, 0.3) is 0 Å². The molecule has 5 aliphatic rings. The molecule has 9 rings (SSSR count). The van der Waals surface area contributed by atoms with Gasteiger partial charge in [0.2, 0.25) is 0 Å². The molecule has 2 heteroatoms. The molecule has 44 heavy (non-hydrogen) atoms. The topological polar surface area (TPSA) is 9.86 Å². The summed E-state index contributed by atoms with van der Waals surface area (Å²) >= 11 is 0. The lowest BCUT2D eigenvalue weighted by molar-refractivity contribution is 0.359. The molecule has 2 saturated carbocycles. The maximum Gasteiger partial charge on any atom is 0.0496 e. The van der Waals surface area contributed by atoms with E-state index in [1.807, 2.05) is 0 Å². The van der Waals surface area contributed by atoms with E-state index >= 15 is 0 Å². The fourth-order valence-electron chi connectivity index (χ4n) is 10.7. The second-order valence-corrected chi connectivity index (χ2v) is 15.4. The Kier molecular flexibility index (Phi) is 6.37. The first-order valence-electron chi connectivity index (χ1n) is 18.3. The average molecular weight is 583 g/mol. The molecule has 0 amide bonds. The van der Waals surface area contributed by atoms with Crippen molar-refractivity contribution in [1.29, 1.82) is 0 Å². The van der Waals surface area contributed by atoms with E-state index in [-0.39, 0.29) is 0 Å². The highest BCUT2D eigenvalue weighted by molar-refractivity contribution is 6.03. The molecule has 0 radical (unpaired) electrons. The molecule has 2 atom stereocenters. The number of allylic oxidation sites excluding steroid dienone is 2. The summed E-state index contributed by atoms with van der Waals surface area (Å²) < 4.78 is 5.65. The van der Waals surface area contributed by atoms with Gasteiger partial charge in [-0.05, 0) is 146 Å². The van der Waals surface area contributed by atoms with Crippen molar-refractivity contribution in [3.05, 3.63) is 69.1 Å². The number of aryl methyl sites for hydroxylation is 3. The molecule has 5 aliphatic carbocycles. The van der Waals surface area contributed by atoms with Crippen molar-refractivity contribution < 1.29 is 0 Å². The first-order chi connectivity index (χ1) is 21.5. The maximum absolute atomic E-state index is 2.83. The molecule has 0 bridgehead atoms. The number of aromatic nitrogens is 2. The average Bonchev–Trinajstić information content (AvgIpc) is 3.56. The van der Waals surface area contributed by atoms with Crippen LogP contribution in [0.1, 0.15) is 160 Å². The number of hydrogen-bond donors (Lipinski definition) is 0. The summed E-state index contributed by atoms with van der Waals surface area (Å²) in [6.07, 6.45) is 28.2.